The van der Waals surface area contributed by atoms with Crippen LogP contribution in [-0.2, 0) is 6.61 Å². The van der Waals surface area contributed by atoms with Crippen LogP contribution in [0.5, 0.6) is 11.5 Å². The Morgan fingerprint density at radius 1 is 1.10 bits per heavy atom. The smallest absolute Gasteiger partial charge is 0.272 e. The van der Waals surface area contributed by atoms with Gasteiger partial charge in [-0.15, -0.1) is 0 Å². The number of methoxy groups -OCH3 is 1. The molecule has 7 heteroatoms. The number of nitrogens with zero attached hydrogens (tertiary/aromatic N) is 1. The van der Waals surface area contributed by atoms with Crippen LogP contribution in [-0.4, -0.2) is 23.0 Å². The van der Waals surface area contributed by atoms with Gasteiger partial charge in [0, 0.05) is 23.7 Å². The summed E-state index contributed by atoms with van der Waals surface area (Å²) in [6.45, 7) is 0.267. The van der Waals surface area contributed by atoms with Gasteiger partial charge in [0.05, 0.1) is 24.5 Å². The van der Waals surface area contributed by atoms with Crippen LogP contribution in [0.2, 0.25) is 0 Å². The summed E-state index contributed by atoms with van der Waals surface area (Å²) in [6.07, 6.45) is 2.94. The molecule has 2 aromatic carbocycles. The van der Waals surface area contributed by atoms with Crippen molar-refractivity contribution in [3.05, 3.63) is 94.5 Å². The van der Waals surface area contributed by atoms with Gasteiger partial charge in [-0.3, -0.25) is 14.6 Å². The fourth-order valence-corrected chi connectivity index (χ4v) is 2.93. The highest BCUT2D eigenvalue weighted by Crippen LogP contribution is 2.21. The zero-order valence-corrected chi connectivity index (χ0v) is 16.2. The molecule has 4 rings (SSSR count). The first-order valence-electron chi connectivity index (χ1n) is 9.27. The topological polar surface area (TPSA) is 93.3 Å². The number of hydrogen-bond acceptors (Lipinski definition) is 5. The van der Waals surface area contributed by atoms with Gasteiger partial charge in [0.15, 0.2) is 5.75 Å². The van der Waals surface area contributed by atoms with Crippen molar-refractivity contribution in [2.45, 2.75) is 6.61 Å². The van der Waals surface area contributed by atoms with Crippen molar-refractivity contribution in [1.29, 1.82) is 0 Å². The van der Waals surface area contributed by atoms with E-state index in [9.17, 15) is 9.59 Å². The highest BCUT2D eigenvalue weighted by molar-refractivity contribution is 6.03. The minimum Gasteiger partial charge on any atom is -0.497 e. The van der Waals surface area contributed by atoms with Crippen LogP contribution in [0.4, 0.5) is 5.69 Å². The number of aromatic nitrogens is 2. The van der Waals surface area contributed by atoms with Crippen LogP contribution in [0.15, 0.2) is 77.9 Å². The van der Waals surface area contributed by atoms with Crippen LogP contribution in [0, 0.1) is 0 Å². The molecule has 0 aliphatic carbocycles. The zero-order chi connectivity index (χ0) is 20.9. The van der Waals surface area contributed by atoms with Crippen LogP contribution < -0.4 is 20.2 Å². The first-order chi connectivity index (χ1) is 14.6. The van der Waals surface area contributed by atoms with Crippen molar-refractivity contribution >= 4 is 22.5 Å². The fourth-order valence-electron chi connectivity index (χ4n) is 2.93. The quantitative estimate of drug-likeness (QED) is 0.513. The molecule has 0 fully saturated rings. The zero-order valence-electron chi connectivity index (χ0n) is 16.2. The van der Waals surface area contributed by atoms with Crippen molar-refractivity contribution < 1.29 is 14.3 Å². The molecule has 2 heterocycles. The number of anilines is 1. The molecule has 4 aromatic rings. The number of hydrogen-bond donors (Lipinski definition) is 2. The second kappa shape index (κ2) is 8.48. The molecule has 0 saturated heterocycles. The molecule has 0 unspecified atom stereocenters. The van der Waals surface area contributed by atoms with Gasteiger partial charge in [0.1, 0.15) is 18.1 Å². The van der Waals surface area contributed by atoms with E-state index in [-0.39, 0.29) is 23.5 Å². The Morgan fingerprint density at radius 2 is 1.93 bits per heavy atom. The van der Waals surface area contributed by atoms with Crippen molar-refractivity contribution in [1.82, 2.24) is 9.97 Å². The number of benzene rings is 2. The predicted octanol–water partition coefficient (Wildman–Crippen LogP) is 3.76. The van der Waals surface area contributed by atoms with Gasteiger partial charge in [-0.05, 0) is 23.8 Å². The summed E-state index contributed by atoms with van der Waals surface area (Å²) in [4.78, 5) is 32.0. The van der Waals surface area contributed by atoms with E-state index in [1.807, 2.05) is 48.5 Å². The van der Waals surface area contributed by atoms with Crippen molar-refractivity contribution in [2.24, 2.45) is 0 Å². The average Bonchev–Trinajstić information content (AvgIpc) is 2.78. The minimum atomic E-state index is -0.448. The highest BCUT2D eigenvalue weighted by Gasteiger charge is 2.11. The van der Waals surface area contributed by atoms with Crippen molar-refractivity contribution in [3.63, 3.8) is 0 Å². The first kappa shape index (κ1) is 19.2. The SMILES string of the molecule is COc1ccc2cc(NC(=O)c3cc(=O)c(OCc4ccccc4)c[nH]3)cnc2c1. The van der Waals surface area contributed by atoms with Gasteiger partial charge in [0.2, 0.25) is 5.43 Å². The maximum Gasteiger partial charge on any atom is 0.272 e. The van der Waals surface area contributed by atoms with Crippen molar-refractivity contribution in [2.75, 3.05) is 12.4 Å². The summed E-state index contributed by atoms with van der Waals surface area (Å²) in [5, 5.41) is 3.59. The molecule has 2 N–H and O–H groups in total. The molecular formula is C23H19N3O4. The van der Waals surface area contributed by atoms with E-state index < -0.39 is 5.91 Å². The second-order valence-electron chi connectivity index (χ2n) is 6.59. The Hall–Kier alpha value is -4.13. The number of nitrogens with one attached hydrogen (secondary N) is 2. The summed E-state index contributed by atoms with van der Waals surface area (Å²) < 4.78 is 10.7. The predicted molar refractivity (Wildman–Crippen MR) is 114 cm³/mol. The molecule has 0 bridgehead atoms. The van der Waals surface area contributed by atoms with Crippen LogP contribution in [0.3, 0.4) is 0 Å². The number of carbonyl (C=O) groups excluding carboxylic acids is 1. The van der Waals surface area contributed by atoms with Gasteiger partial charge in [-0.1, -0.05) is 30.3 Å². The van der Waals surface area contributed by atoms with Gasteiger partial charge in [0.25, 0.3) is 5.91 Å². The number of carbonyl (C=O) groups is 1. The molecule has 1 amide bonds. The third-order valence-corrected chi connectivity index (χ3v) is 4.51. The van der Waals surface area contributed by atoms with Crippen molar-refractivity contribution in [3.8, 4) is 11.5 Å². The molecule has 0 aliphatic rings. The summed E-state index contributed by atoms with van der Waals surface area (Å²) in [5.74, 6) is 0.409. The Balaban J connectivity index is 1.46. The minimum absolute atomic E-state index is 0.127. The lowest BCUT2D eigenvalue weighted by molar-refractivity contribution is 0.102. The van der Waals surface area contributed by atoms with E-state index in [0.717, 1.165) is 16.5 Å². The number of H-pyrrole nitrogens is 1. The summed E-state index contributed by atoms with van der Waals surface area (Å²) in [5.41, 5.74) is 1.96. The molecule has 150 valence electrons. The average molecular weight is 401 g/mol. The third kappa shape index (κ3) is 4.30. The summed E-state index contributed by atoms with van der Waals surface area (Å²) >= 11 is 0. The number of amides is 1. The van der Waals surface area contributed by atoms with Crippen LogP contribution in [0.1, 0.15) is 16.1 Å². The molecule has 0 spiro atoms. The molecule has 0 aliphatic heterocycles. The lowest BCUT2D eigenvalue weighted by Gasteiger charge is -2.09. The molecule has 2 aromatic heterocycles. The summed E-state index contributed by atoms with van der Waals surface area (Å²) in [6, 6.07) is 18.0. The molecule has 0 saturated carbocycles. The van der Waals surface area contributed by atoms with E-state index in [1.54, 1.807) is 19.4 Å². The van der Waals surface area contributed by atoms with Gasteiger partial charge in [-0.2, -0.15) is 0 Å². The maximum atomic E-state index is 12.5. The number of rotatable bonds is 6. The number of ether oxygens (including phenoxy) is 2. The standard InChI is InChI=1S/C23H19N3O4/c1-29-18-8-7-16-9-17(12-24-19(16)10-18)26-23(28)20-11-21(27)22(13-25-20)30-14-15-5-3-2-4-6-15/h2-13H,14H2,1H3,(H,25,27)(H,26,28). The number of fused-ring (bicyclic) bond motifs is 1. The largest absolute Gasteiger partial charge is 0.497 e. The maximum absolute atomic E-state index is 12.5. The van der Waals surface area contributed by atoms with E-state index in [2.05, 4.69) is 15.3 Å². The lowest BCUT2D eigenvalue weighted by Crippen LogP contribution is -2.18. The Labute approximate surface area is 172 Å². The van der Waals surface area contributed by atoms with Crippen LogP contribution >= 0.6 is 0 Å². The summed E-state index contributed by atoms with van der Waals surface area (Å²) in [7, 11) is 1.59. The van der Waals surface area contributed by atoms with E-state index in [0.29, 0.717) is 11.4 Å². The molecule has 0 radical (unpaired) electrons. The Morgan fingerprint density at radius 3 is 2.70 bits per heavy atom. The molecule has 0 atom stereocenters. The van der Waals surface area contributed by atoms with E-state index >= 15 is 0 Å². The molecule has 30 heavy (non-hydrogen) atoms. The monoisotopic (exact) mass is 401 g/mol. The van der Waals surface area contributed by atoms with E-state index in [4.69, 9.17) is 9.47 Å². The normalized spacial score (nSPS) is 10.6. The second-order valence-corrected chi connectivity index (χ2v) is 6.59. The third-order valence-electron chi connectivity index (χ3n) is 4.51. The molecule has 7 nitrogen and oxygen atoms in total. The van der Waals surface area contributed by atoms with Gasteiger partial charge in [-0.25, -0.2) is 0 Å². The highest BCUT2D eigenvalue weighted by atomic mass is 16.5. The molecular weight excluding hydrogens is 382 g/mol. The number of aromatic amines is 1. The number of pyridine rings is 2. The fraction of sp³-hybridized carbons (Fsp3) is 0.0870. The van der Waals surface area contributed by atoms with E-state index in [1.165, 1.54) is 12.3 Å². The van der Waals surface area contributed by atoms with Crippen LogP contribution in [0.25, 0.3) is 10.9 Å². The Bertz CT molecular complexity index is 1250. The van der Waals surface area contributed by atoms with Gasteiger partial charge >= 0.3 is 0 Å². The van der Waals surface area contributed by atoms with Gasteiger partial charge < -0.3 is 19.8 Å². The first-order valence-corrected chi connectivity index (χ1v) is 9.27. The lowest BCUT2D eigenvalue weighted by atomic mass is 10.2. The Kier molecular flexibility index (Phi) is 5.43.